The van der Waals surface area contributed by atoms with E-state index in [9.17, 15) is 24.2 Å². The Bertz CT molecular complexity index is 967. The van der Waals surface area contributed by atoms with Crippen LogP contribution >= 0.6 is 0 Å². The zero-order chi connectivity index (χ0) is 24.0. The topological polar surface area (TPSA) is 125 Å². The zero-order valence-corrected chi connectivity index (χ0v) is 18.6. The highest BCUT2D eigenvalue weighted by Gasteiger charge is 2.25. The number of carbonyl (C=O) groups is 2. The largest absolute Gasteiger partial charge is 0.481 e. The zero-order valence-electron chi connectivity index (χ0n) is 18.6. The van der Waals surface area contributed by atoms with Gasteiger partial charge in [-0.3, -0.25) is 9.59 Å². The number of carbonyl (C=O) groups excluding carboxylic acids is 1. The number of hydrogen-bond donors (Lipinski definition) is 4. The summed E-state index contributed by atoms with van der Waals surface area (Å²) in [4.78, 5) is 23.5. The number of aliphatic hydroxyl groups is 2. The molecule has 32 heavy (non-hydrogen) atoms. The Balaban J connectivity index is 2.51. The first kappa shape index (κ1) is 25.2. The number of benzene rings is 1. The van der Waals surface area contributed by atoms with Gasteiger partial charge in [-0.25, -0.2) is 9.07 Å². The Morgan fingerprint density at radius 1 is 1.16 bits per heavy atom. The fourth-order valence-corrected chi connectivity index (χ4v) is 3.29. The van der Waals surface area contributed by atoms with Gasteiger partial charge in [-0.2, -0.15) is 5.10 Å². The molecule has 2 rings (SSSR count). The van der Waals surface area contributed by atoms with Gasteiger partial charge in [0.05, 0.1) is 30.0 Å². The van der Waals surface area contributed by atoms with Crippen LogP contribution in [0.3, 0.4) is 0 Å². The van der Waals surface area contributed by atoms with E-state index in [1.807, 2.05) is 27.7 Å². The smallest absolute Gasteiger partial charge is 0.305 e. The number of halogens is 1. The molecule has 4 N–H and O–H groups in total. The van der Waals surface area contributed by atoms with Crippen LogP contribution in [-0.4, -0.2) is 55.2 Å². The van der Waals surface area contributed by atoms with Crippen molar-refractivity contribution in [3.63, 3.8) is 0 Å². The fraction of sp³-hybridized carbons (Fsp3) is 0.435. The molecule has 1 amide bonds. The number of carboxylic acid groups (broad SMARTS) is 1. The summed E-state index contributed by atoms with van der Waals surface area (Å²) in [6.45, 7) is 7.48. The van der Waals surface area contributed by atoms with Crippen molar-refractivity contribution in [2.24, 2.45) is 0 Å². The van der Waals surface area contributed by atoms with Crippen molar-refractivity contribution in [2.45, 2.75) is 64.7 Å². The third-order valence-corrected chi connectivity index (χ3v) is 4.64. The number of carboxylic acids is 1. The molecule has 0 fully saturated rings. The Morgan fingerprint density at radius 3 is 2.31 bits per heavy atom. The normalized spacial score (nSPS) is 13.7. The van der Waals surface area contributed by atoms with Crippen molar-refractivity contribution in [1.82, 2.24) is 15.1 Å². The molecule has 9 heteroatoms. The second-order valence-electron chi connectivity index (χ2n) is 8.23. The van der Waals surface area contributed by atoms with Crippen molar-refractivity contribution in [2.75, 3.05) is 0 Å². The second kappa shape index (κ2) is 11.0. The monoisotopic (exact) mass is 447 g/mol. The third kappa shape index (κ3) is 6.73. The van der Waals surface area contributed by atoms with Crippen LogP contribution in [0.2, 0.25) is 0 Å². The maximum absolute atomic E-state index is 13.4. The van der Waals surface area contributed by atoms with Gasteiger partial charge < -0.3 is 20.6 Å². The summed E-state index contributed by atoms with van der Waals surface area (Å²) >= 11 is 0. The van der Waals surface area contributed by atoms with Crippen molar-refractivity contribution in [3.8, 4) is 5.69 Å². The molecule has 2 aromatic rings. The molecule has 2 atom stereocenters. The molecular formula is C23H30FN3O5. The van der Waals surface area contributed by atoms with Crippen LogP contribution in [0.5, 0.6) is 0 Å². The molecule has 0 bridgehead atoms. The Morgan fingerprint density at radius 2 is 1.78 bits per heavy atom. The Hall–Kier alpha value is -3.04. The maximum Gasteiger partial charge on any atom is 0.305 e. The van der Waals surface area contributed by atoms with Crippen molar-refractivity contribution in [3.05, 3.63) is 53.1 Å². The molecule has 0 saturated carbocycles. The number of rotatable bonds is 10. The molecule has 0 radical (unpaired) electrons. The van der Waals surface area contributed by atoms with Gasteiger partial charge in [-0.1, -0.05) is 19.9 Å². The molecule has 0 aliphatic carbocycles. The standard InChI is InChI=1S/C23H30FN3O5/c1-13(2)21-19(10-9-17(28)11-18(29)12-20(30)31)27(16-7-5-15(24)6-8-16)26-22(21)23(32)25-14(3)4/h5-10,13-14,17-18,28-29H,11-12H2,1-4H3,(H,25,32)(H,30,31)/b10-9+/t17-,18+/m0/s1. The molecular weight excluding hydrogens is 417 g/mol. The average Bonchev–Trinajstić information content (AvgIpc) is 3.05. The molecule has 0 aliphatic heterocycles. The van der Waals surface area contributed by atoms with Crippen LogP contribution in [0.15, 0.2) is 30.3 Å². The number of aliphatic carboxylic acids is 1. The van der Waals surface area contributed by atoms with Crippen LogP contribution in [0.1, 0.15) is 68.2 Å². The van der Waals surface area contributed by atoms with Gasteiger partial charge in [0.25, 0.3) is 5.91 Å². The molecule has 1 heterocycles. The maximum atomic E-state index is 13.4. The fourth-order valence-electron chi connectivity index (χ4n) is 3.29. The predicted octanol–water partition coefficient (Wildman–Crippen LogP) is 2.87. The van der Waals surface area contributed by atoms with E-state index in [0.29, 0.717) is 16.9 Å². The van der Waals surface area contributed by atoms with Crippen molar-refractivity contribution >= 4 is 18.0 Å². The number of nitrogens with zero attached hydrogens (tertiary/aromatic N) is 2. The first-order valence-electron chi connectivity index (χ1n) is 10.4. The molecule has 0 spiro atoms. The lowest BCUT2D eigenvalue weighted by atomic mass is 9.98. The van der Waals surface area contributed by atoms with Gasteiger partial charge in [0.2, 0.25) is 0 Å². The van der Waals surface area contributed by atoms with E-state index in [0.717, 1.165) is 0 Å². The predicted molar refractivity (Wildman–Crippen MR) is 118 cm³/mol. The first-order valence-corrected chi connectivity index (χ1v) is 10.4. The highest BCUT2D eigenvalue weighted by atomic mass is 19.1. The van der Waals surface area contributed by atoms with E-state index in [4.69, 9.17) is 5.11 Å². The lowest BCUT2D eigenvalue weighted by molar-refractivity contribution is -0.139. The number of amides is 1. The minimum absolute atomic E-state index is 0.102. The number of aromatic nitrogens is 2. The van der Waals surface area contributed by atoms with Gasteiger partial charge in [0, 0.05) is 18.0 Å². The lowest BCUT2D eigenvalue weighted by Crippen LogP contribution is -2.31. The van der Waals surface area contributed by atoms with Crippen LogP contribution in [-0.2, 0) is 4.79 Å². The molecule has 0 unspecified atom stereocenters. The molecule has 8 nitrogen and oxygen atoms in total. The highest BCUT2D eigenvalue weighted by molar-refractivity contribution is 5.95. The lowest BCUT2D eigenvalue weighted by Gasteiger charge is -2.12. The van der Waals surface area contributed by atoms with Gasteiger partial charge in [0.15, 0.2) is 5.69 Å². The number of aliphatic hydroxyl groups excluding tert-OH is 2. The summed E-state index contributed by atoms with van der Waals surface area (Å²) in [5.74, 6) is -2.03. The summed E-state index contributed by atoms with van der Waals surface area (Å²) in [5, 5.41) is 36.1. The number of nitrogens with one attached hydrogen (secondary N) is 1. The Labute approximate surface area is 186 Å². The minimum atomic E-state index is -1.20. The van der Waals surface area contributed by atoms with Gasteiger partial charge >= 0.3 is 5.97 Å². The van der Waals surface area contributed by atoms with E-state index in [2.05, 4.69) is 10.4 Å². The molecule has 174 valence electrons. The average molecular weight is 448 g/mol. The van der Waals surface area contributed by atoms with E-state index >= 15 is 0 Å². The minimum Gasteiger partial charge on any atom is -0.481 e. The third-order valence-electron chi connectivity index (χ3n) is 4.64. The summed E-state index contributed by atoms with van der Waals surface area (Å²) < 4.78 is 14.9. The van der Waals surface area contributed by atoms with Crippen LogP contribution in [0, 0.1) is 5.82 Å². The van der Waals surface area contributed by atoms with Crippen LogP contribution in [0.25, 0.3) is 11.8 Å². The van der Waals surface area contributed by atoms with Crippen molar-refractivity contribution < 1.29 is 29.3 Å². The Kier molecular flexibility index (Phi) is 8.68. The van der Waals surface area contributed by atoms with E-state index in [1.165, 1.54) is 35.0 Å². The first-order chi connectivity index (χ1) is 15.0. The van der Waals surface area contributed by atoms with E-state index in [1.54, 1.807) is 6.08 Å². The second-order valence-corrected chi connectivity index (χ2v) is 8.23. The summed E-state index contributed by atoms with van der Waals surface area (Å²) in [6.07, 6.45) is 0.0362. The molecule has 0 saturated heterocycles. The summed E-state index contributed by atoms with van der Waals surface area (Å²) in [5.41, 5.74) is 1.91. The number of hydrogen-bond acceptors (Lipinski definition) is 5. The highest BCUT2D eigenvalue weighted by Crippen LogP contribution is 2.28. The van der Waals surface area contributed by atoms with Crippen molar-refractivity contribution in [1.29, 1.82) is 0 Å². The molecule has 0 aliphatic rings. The summed E-state index contributed by atoms with van der Waals surface area (Å²) in [7, 11) is 0. The quantitative estimate of drug-likeness (QED) is 0.444. The van der Waals surface area contributed by atoms with E-state index < -0.39 is 30.4 Å². The van der Waals surface area contributed by atoms with Gasteiger partial charge in [0.1, 0.15) is 5.82 Å². The van der Waals surface area contributed by atoms with Crippen LogP contribution < -0.4 is 5.32 Å². The van der Waals surface area contributed by atoms with Gasteiger partial charge in [-0.05, 0) is 50.1 Å². The van der Waals surface area contributed by atoms with Crippen LogP contribution in [0.4, 0.5) is 4.39 Å². The van der Waals surface area contributed by atoms with Gasteiger partial charge in [-0.15, -0.1) is 0 Å². The molecule has 1 aromatic carbocycles. The molecule has 1 aromatic heterocycles. The SMILES string of the molecule is CC(C)NC(=O)c1nn(-c2ccc(F)cc2)c(/C=C/[C@H](O)C[C@@H](O)CC(=O)O)c1C(C)C. The van der Waals surface area contributed by atoms with E-state index in [-0.39, 0.29) is 30.0 Å². The summed E-state index contributed by atoms with van der Waals surface area (Å²) in [6, 6.07) is 5.52.